The number of benzene rings is 1. The molecule has 1 aliphatic heterocycles. The number of ether oxygens (including phenoxy) is 1. The maximum atomic E-state index is 11.7. The van der Waals surface area contributed by atoms with Crippen LogP contribution in [0.1, 0.15) is 13.8 Å². The van der Waals surface area contributed by atoms with Gasteiger partial charge >= 0.3 is 0 Å². The van der Waals surface area contributed by atoms with Crippen LogP contribution in [0.3, 0.4) is 0 Å². The first-order chi connectivity index (χ1) is 8.54. The van der Waals surface area contributed by atoms with Gasteiger partial charge in [0.05, 0.1) is 13.2 Å². The topological polar surface area (TPSA) is 49.8 Å². The summed E-state index contributed by atoms with van der Waals surface area (Å²) in [6, 6.07) is 6.96. The molecule has 96 valence electrons. The van der Waals surface area contributed by atoms with Gasteiger partial charge in [0.15, 0.2) is 6.10 Å². The highest BCUT2D eigenvalue weighted by atomic mass is 16.5. The lowest BCUT2D eigenvalue weighted by molar-refractivity contribution is -0.135. The summed E-state index contributed by atoms with van der Waals surface area (Å²) in [5.74, 6) is 0.480. The normalized spacial score (nSPS) is 22.4. The third-order valence-corrected chi connectivity index (χ3v) is 2.97. The van der Waals surface area contributed by atoms with Gasteiger partial charge in [-0.15, -0.1) is 0 Å². The molecule has 1 saturated heterocycles. The molecule has 4 nitrogen and oxygen atoms in total. The van der Waals surface area contributed by atoms with Crippen LogP contribution in [0.15, 0.2) is 35.9 Å². The number of hydrogen-bond acceptors (Lipinski definition) is 3. The van der Waals surface area contributed by atoms with Crippen LogP contribution in [0, 0.1) is 0 Å². The zero-order chi connectivity index (χ0) is 13.3. The minimum absolute atomic E-state index is 0.261. The van der Waals surface area contributed by atoms with E-state index in [0.29, 0.717) is 0 Å². The van der Waals surface area contributed by atoms with Gasteiger partial charge in [0.2, 0.25) is 0 Å². The van der Waals surface area contributed by atoms with E-state index in [1.807, 2.05) is 32.1 Å². The lowest BCUT2D eigenvalue weighted by Gasteiger charge is -2.43. The third-order valence-electron chi connectivity index (χ3n) is 2.97. The van der Waals surface area contributed by atoms with E-state index in [4.69, 9.17) is 4.74 Å². The van der Waals surface area contributed by atoms with E-state index < -0.39 is 6.10 Å². The van der Waals surface area contributed by atoms with E-state index in [1.54, 1.807) is 24.1 Å². The van der Waals surface area contributed by atoms with Gasteiger partial charge in [-0.2, -0.15) is 0 Å². The Balaban J connectivity index is 2.25. The van der Waals surface area contributed by atoms with E-state index in [-0.39, 0.29) is 11.9 Å². The van der Waals surface area contributed by atoms with Gasteiger partial charge in [0.25, 0.3) is 5.91 Å². The van der Waals surface area contributed by atoms with Crippen molar-refractivity contribution >= 4 is 11.6 Å². The van der Waals surface area contributed by atoms with Crippen molar-refractivity contribution in [3.8, 4) is 5.75 Å². The standard InChI is InChI=1S/C14H17NO3/c1-9(2)8-12-13(16)14(17)15(12)10-4-6-11(18-3)7-5-10/h4-8,12-13,16H,1-3H3/t12-,13?/m0/s1. The summed E-state index contributed by atoms with van der Waals surface area (Å²) in [6.07, 6.45) is 0.970. The number of anilines is 1. The Labute approximate surface area is 106 Å². The molecule has 1 amide bonds. The van der Waals surface area contributed by atoms with Gasteiger partial charge < -0.3 is 14.7 Å². The van der Waals surface area contributed by atoms with E-state index in [9.17, 15) is 9.90 Å². The zero-order valence-electron chi connectivity index (χ0n) is 10.8. The Morgan fingerprint density at radius 3 is 2.44 bits per heavy atom. The molecule has 1 unspecified atom stereocenters. The fourth-order valence-electron chi connectivity index (χ4n) is 2.04. The van der Waals surface area contributed by atoms with Crippen LogP contribution in [0.25, 0.3) is 0 Å². The van der Waals surface area contributed by atoms with Crippen LogP contribution >= 0.6 is 0 Å². The number of aliphatic hydroxyl groups excluding tert-OH is 1. The maximum absolute atomic E-state index is 11.7. The van der Waals surface area contributed by atoms with Gasteiger partial charge in [-0.25, -0.2) is 0 Å². The van der Waals surface area contributed by atoms with Crippen molar-refractivity contribution in [2.24, 2.45) is 0 Å². The number of aliphatic hydroxyl groups is 1. The second kappa shape index (κ2) is 4.82. The van der Waals surface area contributed by atoms with Crippen LogP contribution in [0.4, 0.5) is 5.69 Å². The molecule has 1 fully saturated rings. The molecule has 1 aromatic rings. The smallest absolute Gasteiger partial charge is 0.258 e. The Morgan fingerprint density at radius 2 is 1.94 bits per heavy atom. The van der Waals surface area contributed by atoms with Crippen molar-refractivity contribution in [1.29, 1.82) is 0 Å². The van der Waals surface area contributed by atoms with Crippen LogP contribution in [0.2, 0.25) is 0 Å². The Morgan fingerprint density at radius 1 is 1.33 bits per heavy atom. The van der Waals surface area contributed by atoms with Gasteiger partial charge in [-0.05, 0) is 38.1 Å². The summed E-state index contributed by atoms with van der Waals surface area (Å²) in [4.78, 5) is 13.3. The molecule has 1 aromatic carbocycles. The molecule has 1 aliphatic rings. The predicted octanol–water partition coefficient (Wildman–Crippen LogP) is 1.74. The van der Waals surface area contributed by atoms with Gasteiger partial charge in [0, 0.05) is 5.69 Å². The van der Waals surface area contributed by atoms with Crippen molar-refractivity contribution in [1.82, 2.24) is 0 Å². The summed E-state index contributed by atoms with van der Waals surface area (Å²) in [7, 11) is 1.60. The number of amides is 1. The minimum Gasteiger partial charge on any atom is -0.497 e. The molecule has 4 heteroatoms. The summed E-state index contributed by atoms with van der Waals surface area (Å²) in [5.41, 5.74) is 1.85. The third kappa shape index (κ3) is 2.11. The molecular formula is C14H17NO3. The molecule has 0 bridgehead atoms. The largest absolute Gasteiger partial charge is 0.497 e. The molecule has 2 rings (SSSR count). The Bertz CT molecular complexity index is 474. The SMILES string of the molecule is COc1ccc(N2C(=O)C(O)[C@@H]2C=C(C)C)cc1. The minimum atomic E-state index is -0.929. The number of rotatable bonds is 3. The summed E-state index contributed by atoms with van der Waals surface area (Å²) < 4.78 is 5.08. The molecule has 0 aliphatic carbocycles. The van der Waals surface area contributed by atoms with Crippen LogP contribution in [-0.4, -0.2) is 30.3 Å². The molecule has 18 heavy (non-hydrogen) atoms. The second-order valence-electron chi connectivity index (χ2n) is 4.59. The monoisotopic (exact) mass is 247 g/mol. The van der Waals surface area contributed by atoms with Crippen molar-refractivity contribution in [3.05, 3.63) is 35.9 Å². The first kappa shape index (κ1) is 12.6. The predicted molar refractivity (Wildman–Crippen MR) is 69.7 cm³/mol. The zero-order valence-corrected chi connectivity index (χ0v) is 10.8. The number of hydrogen-bond donors (Lipinski definition) is 1. The lowest BCUT2D eigenvalue weighted by Crippen LogP contribution is -2.64. The summed E-state index contributed by atoms with van der Waals surface area (Å²) in [6.45, 7) is 3.89. The molecular weight excluding hydrogens is 230 g/mol. The van der Waals surface area contributed by atoms with E-state index >= 15 is 0 Å². The fourth-order valence-corrected chi connectivity index (χ4v) is 2.04. The Kier molecular flexibility index (Phi) is 3.39. The lowest BCUT2D eigenvalue weighted by atomic mass is 9.95. The number of methoxy groups -OCH3 is 1. The van der Waals surface area contributed by atoms with Crippen molar-refractivity contribution < 1.29 is 14.6 Å². The highest BCUT2D eigenvalue weighted by Crippen LogP contribution is 2.30. The van der Waals surface area contributed by atoms with E-state index in [0.717, 1.165) is 17.0 Å². The molecule has 0 spiro atoms. The number of carbonyl (C=O) groups excluding carboxylic acids is 1. The number of carbonyl (C=O) groups is 1. The fraction of sp³-hybridized carbons (Fsp3) is 0.357. The summed E-state index contributed by atoms with van der Waals surface area (Å²) >= 11 is 0. The van der Waals surface area contributed by atoms with Crippen molar-refractivity contribution in [3.63, 3.8) is 0 Å². The molecule has 2 atom stereocenters. The number of allylic oxidation sites excluding steroid dienone is 1. The van der Waals surface area contributed by atoms with Crippen molar-refractivity contribution in [2.75, 3.05) is 12.0 Å². The molecule has 1 N–H and O–H groups in total. The van der Waals surface area contributed by atoms with Gasteiger partial charge in [-0.1, -0.05) is 11.6 Å². The first-order valence-corrected chi connectivity index (χ1v) is 5.85. The highest BCUT2D eigenvalue weighted by molar-refractivity contribution is 6.05. The number of β-lactam (4-membered cyclic amide) rings is 1. The maximum Gasteiger partial charge on any atom is 0.258 e. The first-order valence-electron chi connectivity index (χ1n) is 5.85. The van der Waals surface area contributed by atoms with Crippen LogP contribution in [-0.2, 0) is 4.79 Å². The molecule has 1 heterocycles. The Hall–Kier alpha value is -1.81. The highest BCUT2D eigenvalue weighted by Gasteiger charge is 2.45. The average Bonchev–Trinajstić information content (AvgIpc) is 2.38. The van der Waals surface area contributed by atoms with Gasteiger partial charge in [-0.3, -0.25) is 4.79 Å². The molecule has 0 aromatic heterocycles. The average molecular weight is 247 g/mol. The van der Waals surface area contributed by atoms with E-state index in [2.05, 4.69) is 0 Å². The van der Waals surface area contributed by atoms with Crippen molar-refractivity contribution in [2.45, 2.75) is 26.0 Å². The summed E-state index contributed by atoms with van der Waals surface area (Å²) in [5, 5.41) is 9.70. The van der Waals surface area contributed by atoms with Gasteiger partial charge in [0.1, 0.15) is 5.75 Å². The quantitative estimate of drug-likeness (QED) is 0.654. The van der Waals surface area contributed by atoms with Crippen LogP contribution in [0.5, 0.6) is 5.75 Å². The molecule has 0 saturated carbocycles. The van der Waals surface area contributed by atoms with E-state index in [1.165, 1.54) is 0 Å². The number of nitrogens with zero attached hydrogens (tertiary/aromatic N) is 1. The molecule has 0 radical (unpaired) electrons. The second-order valence-corrected chi connectivity index (χ2v) is 4.59. The van der Waals surface area contributed by atoms with Crippen LogP contribution < -0.4 is 9.64 Å².